The smallest absolute Gasteiger partial charge is 0.0675 e. The lowest BCUT2D eigenvalue weighted by molar-refractivity contribution is -0.0284. The number of rotatable bonds is 1. The summed E-state index contributed by atoms with van der Waals surface area (Å²) in [4.78, 5) is 0. The van der Waals surface area contributed by atoms with Gasteiger partial charge in [0.2, 0.25) is 0 Å². The summed E-state index contributed by atoms with van der Waals surface area (Å²) in [7, 11) is 1.79. The average Bonchev–Trinajstić information content (AvgIpc) is 1.96. The Morgan fingerprint density at radius 1 is 1.40 bits per heavy atom. The van der Waals surface area contributed by atoms with Crippen LogP contribution in [0, 0.1) is 0 Å². The van der Waals surface area contributed by atoms with Crippen molar-refractivity contribution in [2.24, 2.45) is 0 Å². The number of hydrogen-bond acceptors (Lipinski definition) is 3. The monoisotopic (exact) mass is 161 g/mol. The van der Waals surface area contributed by atoms with E-state index in [1.54, 1.807) is 7.11 Å². The molecule has 0 aromatic rings. The van der Waals surface area contributed by atoms with Crippen LogP contribution in [-0.4, -0.2) is 30.1 Å². The zero-order valence-electron chi connectivity index (χ0n) is 6.63. The molecule has 0 spiro atoms. The summed E-state index contributed by atoms with van der Waals surface area (Å²) in [6.07, 6.45) is 2.18. The molecule has 0 N–H and O–H groups in total. The molecule has 0 unspecified atom stereocenters. The van der Waals surface area contributed by atoms with Gasteiger partial charge in [-0.05, 0) is 19.8 Å². The molecule has 1 fully saturated rings. The predicted octanol–water partition coefficient (Wildman–Crippen LogP) is 1.33. The first-order chi connectivity index (χ1) is 4.66. The molecule has 0 aromatic heterocycles. The first kappa shape index (κ1) is 8.37. The van der Waals surface area contributed by atoms with Gasteiger partial charge in [0.15, 0.2) is 0 Å². The number of ether oxygens (including phenoxy) is 1. The molecule has 0 bridgehead atoms. The minimum atomic E-state index is 0.110. The van der Waals surface area contributed by atoms with Gasteiger partial charge in [-0.1, -0.05) is 12.8 Å². The molecule has 1 heterocycles. The minimum absolute atomic E-state index is 0.110. The first-order valence-electron chi connectivity index (χ1n) is 3.65. The average molecular weight is 161 g/mol. The van der Waals surface area contributed by atoms with Gasteiger partial charge < -0.3 is 4.74 Å². The summed E-state index contributed by atoms with van der Waals surface area (Å²) in [6, 6.07) is 0. The van der Waals surface area contributed by atoms with Gasteiger partial charge in [0.25, 0.3) is 0 Å². The van der Waals surface area contributed by atoms with Gasteiger partial charge >= 0.3 is 0 Å². The number of methoxy groups -OCH3 is 1. The zero-order valence-corrected chi connectivity index (χ0v) is 7.53. The van der Waals surface area contributed by atoms with Crippen LogP contribution in [0.4, 0.5) is 0 Å². The molecule has 2 nitrogen and oxygen atoms in total. The highest BCUT2D eigenvalue weighted by Crippen LogP contribution is 2.25. The summed E-state index contributed by atoms with van der Waals surface area (Å²) < 4.78 is 7.41. The van der Waals surface area contributed by atoms with Gasteiger partial charge in [0.05, 0.1) is 5.60 Å². The molecule has 10 heavy (non-hydrogen) atoms. The lowest BCUT2D eigenvalue weighted by atomic mass is 9.95. The third-order valence-corrected chi connectivity index (χ3v) is 2.69. The lowest BCUT2D eigenvalue weighted by Crippen LogP contribution is -2.39. The third kappa shape index (κ3) is 1.87. The number of piperidine rings is 1. The number of hydrogen-bond donors (Lipinski definition) is 1. The van der Waals surface area contributed by atoms with E-state index in [2.05, 4.69) is 19.7 Å². The highest BCUT2D eigenvalue weighted by atomic mass is 32.1. The Morgan fingerprint density at radius 3 is 2.30 bits per heavy atom. The molecule has 1 aliphatic rings. The molecule has 0 radical (unpaired) electrons. The van der Waals surface area contributed by atoms with E-state index >= 15 is 0 Å². The van der Waals surface area contributed by atoms with Crippen molar-refractivity contribution in [2.45, 2.75) is 25.4 Å². The van der Waals surface area contributed by atoms with Crippen molar-refractivity contribution in [3.05, 3.63) is 0 Å². The second-order valence-electron chi connectivity index (χ2n) is 3.11. The van der Waals surface area contributed by atoms with E-state index in [9.17, 15) is 0 Å². The minimum Gasteiger partial charge on any atom is -0.378 e. The molecule has 0 saturated carbocycles. The molecule has 0 amide bonds. The van der Waals surface area contributed by atoms with E-state index in [4.69, 9.17) is 4.74 Å². The molecule has 1 aliphatic heterocycles. The number of nitrogens with zero attached hydrogens (tertiary/aromatic N) is 1. The van der Waals surface area contributed by atoms with Crippen LogP contribution >= 0.6 is 12.8 Å². The van der Waals surface area contributed by atoms with E-state index in [1.165, 1.54) is 0 Å². The van der Waals surface area contributed by atoms with Crippen LogP contribution < -0.4 is 0 Å². The van der Waals surface area contributed by atoms with Crippen LogP contribution in [0.25, 0.3) is 0 Å². The predicted molar refractivity (Wildman–Crippen MR) is 45.2 cm³/mol. The lowest BCUT2D eigenvalue weighted by Gasteiger charge is -2.35. The Bertz CT molecular complexity index is 110. The summed E-state index contributed by atoms with van der Waals surface area (Å²) in [6.45, 7) is 4.23. The Hall–Kier alpha value is 0.270. The normalized spacial score (nSPS) is 26.7. The second kappa shape index (κ2) is 3.11. The Balaban J connectivity index is 2.38. The van der Waals surface area contributed by atoms with E-state index in [-0.39, 0.29) is 5.60 Å². The Kier molecular flexibility index (Phi) is 2.61. The van der Waals surface area contributed by atoms with E-state index in [1.807, 2.05) is 4.31 Å². The van der Waals surface area contributed by atoms with Crippen LogP contribution in [-0.2, 0) is 4.74 Å². The standard InChI is InChI=1S/C7H15NOS/c1-7(9-2)3-5-8(10)6-4-7/h10H,3-6H2,1-2H3. The van der Waals surface area contributed by atoms with Crippen molar-refractivity contribution in [1.29, 1.82) is 0 Å². The third-order valence-electron chi connectivity index (χ3n) is 2.29. The van der Waals surface area contributed by atoms with Gasteiger partial charge in [0.1, 0.15) is 0 Å². The van der Waals surface area contributed by atoms with Crippen molar-refractivity contribution in [2.75, 3.05) is 20.2 Å². The van der Waals surface area contributed by atoms with Crippen molar-refractivity contribution in [3.63, 3.8) is 0 Å². The summed E-state index contributed by atoms with van der Waals surface area (Å²) in [5.41, 5.74) is 0.110. The Morgan fingerprint density at radius 2 is 1.90 bits per heavy atom. The van der Waals surface area contributed by atoms with Crippen LogP contribution in [0.3, 0.4) is 0 Å². The second-order valence-corrected chi connectivity index (χ2v) is 3.67. The van der Waals surface area contributed by atoms with Crippen molar-refractivity contribution in [3.8, 4) is 0 Å². The van der Waals surface area contributed by atoms with E-state index in [0.29, 0.717) is 0 Å². The van der Waals surface area contributed by atoms with Gasteiger partial charge in [-0.3, -0.25) is 4.31 Å². The number of thiol groups is 1. The maximum Gasteiger partial charge on any atom is 0.0675 e. The van der Waals surface area contributed by atoms with Crippen molar-refractivity contribution >= 4 is 12.8 Å². The van der Waals surface area contributed by atoms with Crippen LogP contribution in [0.1, 0.15) is 19.8 Å². The molecule has 0 aliphatic carbocycles. The molecule has 1 saturated heterocycles. The van der Waals surface area contributed by atoms with Gasteiger partial charge in [-0.15, -0.1) is 0 Å². The fourth-order valence-electron chi connectivity index (χ4n) is 1.17. The molecular weight excluding hydrogens is 146 g/mol. The molecular formula is C7H15NOS. The summed E-state index contributed by atoms with van der Waals surface area (Å²) in [5.74, 6) is 0. The maximum atomic E-state index is 5.37. The van der Waals surface area contributed by atoms with E-state index in [0.717, 1.165) is 25.9 Å². The van der Waals surface area contributed by atoms with Crippen molar-refractivity contribution < 1.29 is 4.74 Å². The van der Waals surface area contributed by atoms with Crippen molar-refractivity contribution in [1.82, 2.24) is 4.31 Å². The highest BCUT2D eigenvalue weighted by Gasteiger charge is 2.28. The zero-order chi connectivity index (χ0) is 7.61. The van der Waals surface area contributed by atoms with Crippen LogP contribution in [0.5, 0.6) is 0 Å². The molecule has 0 aromatic carbocycles. The summed E-state index contributed by atoms with van der Waals surface area (Å²) >= 11 is 4.26. The molecule has 60 valence electrons. The highest BCUT2D eigenvalue weighted by molar-refractivity contribution is 7.77. The fourth-order valence-corrected chi connectivity index (χ4v) is 1.37. The SMILES string of the molecule is COC1(C)CCN(S)CC1. The van der Waals surface area contributed by atoms with E-state index < -0.39 is 0 Å². The first-order valence-corrected chi connectivity index (χ1v) is 4.05. The topological polar surface area (TPSA) is 12.5 Å². The van der Waals surface area contributed by atoms with Gasteiger partial charge in [0, 0.05) is 20.2 Å². The Labute approximate surface area is 68.1 Å². The van der Waals surface area contributed by atoms with Gasteiger partial charge in [-0.2, -0.15) is 0 Å². The maximum absolute atomic E-state index is 5.37. The molecule has 1 rings (SSSR count). The quantitative estimate of drug-likeness (QED) is 0.582. The van der Waals surface area contributed by atoms with Crippen LogP contribution in [0.2, 0.25) is 0 Å². The van der Waals surface area contributed by atoms with Gasteiger partial charge in [-0.25, -0.2) is 0 Å². The summed E-state index contributed by atoms with van der Waals surface area (Å²) in [5, 5.41) is 0. The largest absolute Gasteiger partial charge is 0.378 e. The molecule has 0 atom stereocenters. The molecule has 3 heteroatoms. The van der Waals surface area contributed by atoms with Crippen LogP contribution in [0.15, 0.2) is 0 Å². The fraction of sp³-hybridized carbons (Fsp3) is 1.00.